The molecule has 0 spiro atoms. The Morgan fingerprint density at radius 2 is 2.19 bits per heavy atom. The van der Waals surface area contributed by atoms with Crippen LogP contribution in [-0.2, 0) is 14.2 Å². The van der Waals surface area contributed by atoms with Gasteiger partial charge in [-0.25, -0.2) is 0 Å². The molecule has 4 nitrogen and oxygen atoms in total. The molecule has 0 aliphatic carbocycles. The van der Waals surface area contributed by atoms with Crippen LogP contribution in [0.4, 0.5) is 0 Å². The van der Waals surface area contributed by atoms with Gasteiger partial charge in [-0.15, -0.1) is 0 Å². The van der Waals surface area contributed by atoms with E-state index in [0.717, 1.165) is 32.6 Å². The molecule has 1 fully saturated rings. The largest absolute Gasteiger partial charge is 0.379 e. The highest BCUT2D eigenvalue weighted by Gasteiger charge is 2.25. The molecule has 0 radical (unpaired) electrons. The molecule has 2 unspecified atom stereocenters. The minimum Gasteiger partial charge on any atom is -0.379 e. The van der Waals surface area contributed by atoms with E-state index in [4.69, 9.17) is 14.2 Å². The molecule has 1 heterocycles. The number of rotatable bonds is 8. The first-order chi connectivity index (χ1) is 7.88. The maximum atomic E-state index is 5.78. The summed E-state index contributed by atoms with van der Waals surface area (Å²) >= 11 is 0. The summed E-state index contributed by atoms with van der Waals surface area (Å²) in [6, 6.07) is 0.440. The summed E-state index contributed by atoms with van der Waals surface area (Å²) in [5.41, 5.74) is 0. The molecule has 0 bridgehead atoms. The van der Waals surface area contributed by atoms with Crippen molar-refractivity contribution in [3.05, 3.63) is 0 Å². The second-order valence-electron chi connectivity index (χ2n) is 4.03. The molecule has 0 saturated carbocycles. The van der Waals surface area contributed by atoms with Gasteiger partial charge in [-0.2, -0.15) is 0 Å². The first kappa shape index (κ1) is 13.9. The molecule has 1 saturated heterocycles. The number of ether oxygens (including phenoxy) is 3. The van der Waals surface area contributed by atoms with E-state index in [1.54, 1.807) is 0 Å². The lowest BCUT2D eigenvalue weighted by molar-refractivity contribution is -0.0804. The van der Waals surface area contributed by atoms with Gasteiger partial charge in [0, 0.05) is 19.3 Å². The topological polar surface area (TPSA) is 39.7 Å². The Morgan fingerprint density at radius 3 is 2.94 bits per heavy atom. The van der Waals surface area contributed by atoms with Crippen molar-refractivity contribution in [3.63, 3.8) is 0 Å². The van der Waals surface area contributed by atoms with Crippen molar-refractivity contribution >= 4 is 0 Å². The minimum absolute atomic E-state index is 0.181. The normalized spacial score (nSPS) is 25.9. The Bertz CT molecular complexity index is 166. The Kier molecular flexibility index (Phi) is 7.76. The molecule has 0 aromatic heterocycles. The average Bonchev–Trinajstić information content (AvgIpc) is 2.33. The third-order valence-electron chi connectivity index (χ3n) is 2.72. The fourth-order valence-corrected chi connectivity index (χ4v) is 1.84. The molecule has 16 heavy (non-hydrogen) atoms. The Morgan fingerprint density at radius 1 is 1.31 bits per heavy atom. The molecule has 1 rings (SSSR count). The zero-order valence-electron chi connectivity index (χ0n) is 10.5. The zero-order chi connectivity index (χ0) is 11.6. The van der Waals surface area contributed by atoms with Gasteiger partial charge in [0.05, 0.1) is 25.9 Å². The molecule has 1 aliphatic rings. The van der Waals surface area contributed by atoms with Crippen molar-refractivity contribution in [1.29, 1.82) is 0 Å². The highest BCUT2D eigenvalue weighted by molar-refractivity contribution is 4.80. The number of hydrogen-bond acceptors (Lipinski definition) is 4. The summed E-state index contributed by atoms with van der Waals surface area (Å²) in [5, 5.41) is 3.52. The SMILES string of the molecule is CCCNC1CCOCC1OCCOCC. The fraction of sp³-hybridized carbons (Fsp3) is 1.00. The van der Waals surface area contributed by atoms with Gasteiger partial charge in [0.1, 0.15) is 0 Å². The van der Waals surface area contributed by atoms with Crippen molar-refractivity contribution in [2.45, 2.75) is 38.8 Å². The second-order valence-corrected chi connectivity index (χ2v) is 4.03. The van der Waals surface area contributed by atoms with E-state index >= 15 is 0 Å². The van der Waals surface area contributed by atoms with Gasteiger partial charge in [-0.3, -0.25) is 0 Å². The smallest absolute Gasteiger partial charge is 0.0962 e. The first-order valence-electron chi connectivity index (χ1n) is 6.39. The molecule has 4 heteroatoms. The van der Waals surface area contributed by atoms with E-state index in [0.29, 0.717) is 25.9 Å². The van der Waals surface area contributed by atoms with Crippen LogP contribution in [0.15, 0.2) is 0 Å². The van der Waals surface area contributed by atoms with Gasteiger partial charge in [0.2, 0.25) is 0 Å². The highest BCUT2D eigenvalue weighted by Crippen LogP contribution is 2.11. The van der Waals surface area contributed by atoms with Crippen LogP contribution in [0, 0.1) is 0 Å². The summed E-state index contributed by atoms with van der Waals surface area (Å²) in [6.07, 6.45) is 2.38. The summed E-state index contributed by atoms with van der Waals surface area (Å²) in [6.45, 7) is 8.85. The van der Waals surface area contributed by atoms with Gasteiger partial charge >= 0.3 is 0 Å². The first-order valence-corrected chi connectivity index (χ1v) is 6.39. The zero-order valence-corrected chi connectivity index (χ0v) is 10.5. The molecule has 0 aromatic rings. The van der Waals surface area contributed by atoms with Crippen LogP contribution in [0.3, 0.4) is 0 Å². The number of hydrogen-bond donors (Lipinski definition) is 1. The molecule has 1 N–H and O–H groups in total. The van der Waals surface area contributed by atoms with Crippen LogP contribution >= 0.6 is 0 Å². The maximum Gasteiger partial charge on any atom is 0.0962 e. The fourth-order valence-electron chi connectivity index (χ4n) is 1.84. The van der Waals surface area contributed by atoms with Crippen molar-refractivity contribution in [2.24, 2.45) is 0 Å². The van der Waals surface area contributed by atoms with E-state index in [-0.39, 0.29) is 6.10 Å². The molecule has 2 atom stereocenters. The summed E-state index contributed by atoms with van der Waals surface area (Å²) in [4.78, 5) is 0. The Labute approximate surface area is 98.6 Å². The minimum atomic E-state index is 0.181. The van der Waals surface area contributed by atoms with Crippen LogP contribution in [0.5, 0.6) is 0 Å². The predicted octanol–water partition coefficient (Wildman–Crippen LogP) is 1.20. The van der Waals surface area contributed by atoms with Crippen LogP contribution in [0.2, 0.25) is 0 Å². The standard InChI is InChI=1S/C12H25NO3/c1-3-6-13-11-5-7-15-10-12(11)16-9-8-14-4-2/h11-13H,3-10H2,1-2H3. The van der Waals surface area contributed by atoms with Gasteiger partial charge in [0.25, 0.3) is 0 Å². The molecule has 1 aliphatic heterocycles. The summed E-state index contributed by atoms with van der Waals surface area (Å²) < 4.78 is 16.5. The quantitative estimate of drug-likeness (QED) is 0.637. The lowest BCUT2D eigenvalue weighted by Gasteiger charge is -2.32. The highest BCUT2D eigenvalue weighted by atomic mass is 16.6. The second kappa shape index (κ2) is 8.93. The van der Waals surface area contributed by atoms with Gasteiger partial charge in [-0.1, -0.05) is 6.92 Å². The summed E-state index contributed by atoms with van der Waals surface area (Å²) in [7, 11) is 0. The van der Waals surface area contributed by atoms with E-state index in [1.807, 2.05) is 6.92 Å². The van der Waals surface area contributed by atoms with Gasteiger partial charge in [0.15, 0.2) is 0 Å². The molecule has 96 valence electrons. The maximum absolute atomic E-state index is 5.78. The van der Waals surface area contributed by atoms with Gasteiger partial charge in [-0.05, 0) is 26.3 Å². The van der Waals surface area contributed by atoms with E-state index in [9.17, 15) is 0 Å². The van der Waals surface area contributed by atoms with Gasteiger partial charge < -0.3 is 19.5 Å². The van der Waals surface area contributed by atoms with E-state index < -0.39 is 0 Å². The molecular formula is C12H25NO3. The van der Waals surface area contributed by atoms with E-state index in [1.165, 1.54) is 0 Å². The van der Waals surface area contributed by atoms with Crippen LogP contribution < -0.4 is 5.32 Å². The van der Waals surface area contributed by atoms with Crippen molar-refractivity contribution in [1.82, 2.24) is 5.32 Å². The van der Waals surface area contributed by atoms with Crippen LogP contribution in [0.25, 0.3) is 0 Å². The summed E-state index contributed by atoms with van der Waals surface area (Å²) in [5.74, 6) is 0. The lowest BCUT2D eigenvalue weighted by atomic mass is 10.1. The monoisotopic (exact) mass is 231 g/mol. The number of nitrogens with one attached hydrogen (secondary N) is 1. The van der Waals surface area contributed by atoms with E-state index in [2.05, 4.69) is 12.2 Å². The predicted molar refractivity (Wildman–Crippen MR) is 63.8 cm³/mol. The molecule has 0 amide bonds. The Balaban J connectivity index is 2.18. The van der Waals surface area contributed by atoms with Crippen molar-refractivity contribution in [3.8, 4) is 0 Å². The van der Waals surface area contributed by atoms with Crippen molar-refractivity contribution in [2.75, 3.05) is 39.6 Å². The Hall–Kier alpha value is -0.160. The third kappa shape index (κ3) is 5.25. The third-order valence-corrected chi connectivity index (χ3v) is 2.72. The lowest BCUT2D eigenvalue weighted by Crippen LogP contribution is -2.48. The van der Waals surface area contributed by atoms with Crippen LogP contribution in [-0.4, -0.2) is 51.7 Å². The average molecular weight is 231 g/mol. The molecular weight excluding hydrogens is 206 g/mol. The van der Waals surface area contributed by atoms with Crippen LogP contribution in [0.1, 0.15) is 26.7 Å². The molecule has 0 aromatic carbocycles. The van der Waals surface area contributed by atoms with Crippen molar-refractivity contribution < 1.29 is 14.2 Å².